The van der Waals surface area contributed by atoms with Gasteiger partial charge in [-0.05, 0) is 58.6 Å². The second-order valence-electron chi connectivity index (χ2n) is 7.01. The quantitative estimate of drug-likeness (QED) is 0.840. The summed E-state index contributed by atoms with van der Waals surface area (Å²) in [5.74, 6) is -0.361. The smallest absolute Gasteiger partial charge is 0.240 e. The highest BCUT2D eigenvalue weighted by molar-refractivity contribution is 6.13. The number of amides is 2. The normalized spacial score (nSPS) is 16.2. The van der Waals surface area contributed by atoms with Crippen LogP contribution in [0.2, 0.25) is 0 Å². The van der Waals surface area contributed by atoms with Crippen molar-refractivity contribution in [2.75, 3.05) is 5.32 Å². The Bertz CT molecular complexity index is 561. The van der Waals surface area contributed by atoms with Crippen molar-refractivity contribution in [2.24, 2.45) is 5.41 Å². The second kappa shape index (κ2) is 5.17. The molecule has 2 amide bonds. The Kier molecular flexibility index (Phi) is 3.83. The third kappa shape index (κ3) is 3.26. The zero-order valence-electron chi connectivity index (χ0n) is 13.5. The average Bonchev–Trinajstić information content (AvgIpc) is 3.13. The number of para-hydroxylation sites is 1. The van der Waals surface area contributed by atoms with Gasteiger partial charge in [0.2, 0.25) is 11.8 Å². The fourth-order valence-corrected chi connectivity index (χ4v) is 2.39. The van der Waals surface area contributed by atoms with Gasteiger partial charge < -0.3 is 10.6 Å². The molecule has 0 atom stereocenters. The molecule has 0 aliphatic heterocycles. The van der Waals surface area contributed by atoms with E-state index in [1.165, 1.54) is 0 Å². The van der Waals surface area contributed by atoms with Gasteiger partial charge in [0.15, 0.2) is 0 Å². The molecule has 2 rings (SSSR count). The minimum absolute atomic E-state index is 0.168. The lowest BCUT2D eigenvalue weighted by molar-refractivity contribution is -0.135. The van der Waals surface area contributed by atoms with Crippen LogP contribution in [0.1, 0.15) is 44.7 Å². The first-order valence-corrected chi connectivity index (χ1v) is 7.36. The molecular weight excluding hydrogens is 264 g/mol. The van der Waals surface area contributed by atoms with E-state index in [-0.39, 0.29) is 17.4 Å². The van der Waals surface area contributed by atoms with Crippen LogP contribution in [0.15, 0.2) is 18.2 Å². The standard InChI is InChI=1S/C17H24N2O2/c1-11-7-6-8-12(2)13(11)18-14(20)17(9-10-17)15(21)19-16(3,4)5/h6-8H,9-10H2,1-5H3,(H,18,20)(H,19,21). The maximum atomic E-state index is 12.6. The number of hydrogen-bond donors (Lipinski definition) is 2. The van der Waals surface area contributed by atoms with E-state index in [1.807, 2.05) is 52.8 Å². The first kappa shape index (κ1) is 15.5. The van der Waals surface area contributed by atoms with Gasteiger partial charge in [-0.1, -0.05) is 18.2 Å². The number of carbonyl (C=O) groups is 2. The largest absolute Gasteiger partial charge is 0.351 e. The van der Waals surface area contributed by atoms with E-state index < -0.39 is 5.41 Å². The maximum Gasteiger partial charge on any atom is 0.240 e. The van der Waals surface area contributed by atoms with Gasteiger partial charge in [0, 0.05) is 11.2 Å². The number of aryl methyl sites for hydroxylation is 2. The molecular formula is C17H24N2O2. The Labute approximate surface area is 126 Å². The number of rotatable bonds is 3. The molecule has 2 N–H and O–H groups in total. The lowest BCUT2D eigenvalue weighted by Crippen LogP contribution is -2.48. The van der Waals surface area contributed by atoms with Crippen molar-refractivity contribution in [2.45, 2.75) is 53.0 Å². The zero-order chi connectivity index (χ0) is 15.8. The second-order valence-corrected chi connectivity index (χ2v) is 7.01. The van der Waals surface area contributed by atoms with E-state index in [0.717, 1.165) is 16.8 Å². The van der Waals surface area contributed by atoms with E-state index in [0.29, 0.717) is 12.8 Å². The molecule has 1 saturated carbocycles. The van der Waals surface area contributed by atoms with E-state index in [4.69, 9.17) is 0 Å². The number of nitrogens with one attached hydrogen (secondary N) is 2. The van der Waals surface area contributed by atoms with Gasteiger partial charge in [0.05, 0.1) is 0 Å². The van der Waals surface area contributed by atoms with Crippen molar-refractivity contribution in [1.29, 1.82) is 0 Å². The summed E-state index contributed by atoms with van der Waals surface area (Å²) in [6.07, 6.45) is 1.23. The third-order valence-corrected chi connectivity index (χ3v) is 3.83. The highest BCUT2D eigenvalue weighted by Crippen LogP contribution is 2.47. The van der Waals surface area contributed by atoms with Gasteiger partial charge >= 0.3 is 0 Å². The lowest BCUT2D eigenvalue weighted by atomic mass is 10.0. The van der Waals surface area contributed by atoms with E-state index in [9.17, 15) is 9.59 Å². The van der Waals surface area contributed by atoms with E-state index in [1.54, 1.807) is 0 Å². The van der Waals surface area contributed by atoms with Gasteiger partial charge in [-0.25, -0.2) is 0 Å². The number of carbonyl (C=O) groups excluding carboxylic acids is 2. The van der Waals surface area contributed by atoms with Crippen molar-refractivity contribution < 1.29 is 9.59 Å². The molecule has 0 heterocycles. The minimum Gasteiger partial charge on any atom is -0.351 e. The molecule has 0 spiro atoms. The molecule has 114 valence electrons. The molecule has 0 aromatic heterocycles. The fourth-order valence-electron chi connectivity index (χ4n) is 2.39. The molecule has 21 heavy (non-hydrogen) atoms. The van der Waals surface area contributed by atoms with Crippen LogP contribution in [0.25, 0.3) is 0 Å². The van der Waals surface area contributed by atoms with Crippen LogP contribution in [0.5, 0.6) is 0 Å². The molecule has 0 bridgehead atoms. The first-order valence-electron chi connectivity index (χ1n) is 7.36. The van der Waals surface area contributed by atoms with Crippen LogP contribution in [-0.4, -0.2) is 17.4 Å². The summed E-state index contributed by atoms with van der Waals surface area (Å²) in [7, 11) is 0. The van der Waals surface area contributed by atoms with Crippen molar-refractivity contribution in [3.63, 3.8) is 0 Å². The summed E-state index contributed by atoms with van der Waals surface area (Å²) in [5.41, 5.74) is 1.62. The summed E-state index contributed by atoms with van der Waals surface area (Å²) >= 11 is 0. The summed E-state index contributed by atoms with van der Waals surface area (Å²) in [4.78, 5) is 24.9. The lowest BCUT2D eigenvalue weighted by Gasteiger charge is -2.24. The molecule has 4 nitrogen and oxygen atoms in total. The van der Waals surface area contributed by atoms with Gasteiger partial charge in [-0.15, -0.1) is 0 Å². The van der Waals surface area contributed by atoms with Crippen molar-refractivity contribution in [1.82, 2.24) is 5.32 Å². The predicted octanol–water partition coefficient (Wildman–Crippen LogP) is 2.94. The van der Waals surface area contributed by atoms with Crippen LogP contribution >= 0.6 is 0 Å². The third-order valence-electron chi connectivity index (χ3n) is 3.83. The summed E-state index contributed by atoms with van der Waals surface area (Å²) < 4.78 is 0. The molecule has 1 fully saturated rings. The van der Waals surface area contributed by atoms with E-state index >= 15 is 0 Å². The summed E-state index contributed by atoms with van der Waals surface area (Å²) in [6.45, 7) is 9.67. The Hall–Kier alpha value is -1.84. The molecule has 0 unspecified atom stereocenters. The number of benzene rings is 1. The molecule has 1 aliphatic carbocycles. The van der Waals surface area contributed by atoms with Crippen LogP contribution in [0.3, 0.4) is 0 Å². The minimum atomic E-state index is -0.887. The van der Waals surface area contributed by atoms with Crippen LogP contribution in [0, 0.1) is 19.3 Å². The molecule has 1 aliphatic rings. The fraction of sp³-hybridized carbons (Fsp3) is 0.529. The van der Waals surface area contributed by atoms with E-state index in [2.05, 4.69) is 10.6 Å². The maximum absolute atomic E-state index is 12.6. The number of hydrogen-bond acceptors (Lipinski definition) is 2. The van der Waals surface area contributed by atoms with Gasteiger partial charge in [-0.3, -0.25) is 9.59 Å². The average molecular weight is 288 g/mol. The van der Waals surface area contributed by atoms with Crippen LogP contribution < -0.4 is 10.6 Å². The summed E-state index contributed by atoms with van der Waals surface area (Å²) in [6, 6.07) is 5.87. The zero-order valence-corrected chi connectivity index (χ0v) is 13.5. The highest BCUT2D eigenvalue weighted by Gasteiger charge is 2.57. The Morgan fingerprint density at radius 2 is 1.57 bits per heavy atom. The Morgan fingerprint density at radius 3 is 2.00 bits per heavy atom. The topological polar surface area (TPSA) is 58.2 Å². The van der Waals surface area contributed by atoms with Gasteiger partial charge in [-0.2, -0.15) is 0 Å². The van der Waals surface area contributed by atoms with Gasteiger partial charge in [0.25, 0.3) is 0 Å². The van der Waals surface area contributed by atoms with Crippen molar-refractivity contribution in [3.8, 4) is 0 Å². The summed E-state index contributed by atoms with van der Waals surface area (Å²) in [5, 5.41) is 5.87. The molecule has 4 heteroatoms. The predicted molar refractivity (Wildman–Crippen MR) is 84.1 cm³/mol. The molecule has 0 radical (unpaired) electrons. The molecule has 1 aromatic rings. The van der Waals surface area contributed by atoms with Gasteiger partial charge in [0.1, 0.15) is 5.41 Å². The number of anilines is 1. The first-order chi connectivity index (χ1) is 9.66. The SMILES string of the molecule is Cc1cccc(C)c1NC(=O)C1(C(=O)NC(C)(C)C)CC1. The van der Waals surface area contributed by atoms with Crippen LogP contribution in [0.4, 0.5) is 5.69 Å². The molecule has 0 saturated heterocycles. The van der Waals surface area contributed by atoms with Crippen LogP contribution in [-0.2, 0) is 9.59 Å². The van der Waals surface area contributed by atoms with Crippen molar-refractivity contribution >= 4 is 17.5 Å². The highest BCUT2D eigenvalue weighted by atomic mass is 16.2. The molecule has 1 aromatic carbocycles. The van der Waals surface area contributed by atoms with Crippen molar-refractivity contribution in [3.05, 3.63) is 29.3 Å². The Morgan fingerprint density at radius 1 is 1.05 bits per heavy atom. The monoisotopic (exact) mass is 288 g/mol. The Balaban J connectivity index is 2.15.